The van der Waals surface area contributed by atoms with E-state index in [2.05, 4.69) is 4.98 Å². The van der Waals surface area contributed by atoms with Crippen LogP contribution in [-0.4, -0.2) is 63.0 Å². The number of benzene rings is 1. The Morgan fingerprint density at radius 1 is 1.17 bits per heavy atom. The first kappa shape index (κ1) is 14.8. The van der Waals surface area contributed by atoms with Gasteiger partial charge >= 0.3 is 6.09 Å². The van der Waals surface area contributed by atoms with E-state index < -0.39 is 11.0 Å². The number of nitrogens with zero attached hydrogens (tertiary/aromatic N) is 3. The summed E-state index contributed by atoms with van der Waals surface area (Å²) in [6, 6.07) is 6.21. The molecule has 0 aliphatic carbocycles. The zero-order valence-electron chi connectivity index (χ0n) is 12.1. The lowest BCUT2D eigenvalue weighted by atomic mass is 10.2. The molecule has 2 heterocycles. The number of piperazine rings is 1. The second-order valence-electron chi connectivity index (χ2n) is 5.24. The number of aromatic nitrogens is 1. The van der Waals surface area contributed by atoms with Gasteiger partial charge in [-0.25, -0.2) is 4.79 Å². The number of H-pyrrole nitrogens is 1. The number of non-ortho nitro benzene ring substituents is 1. The van der Waals surface area contributed by atoms with Crippen molar-refractivity contribution in [1.82, 2.24) is 14.8 Å². The molecule has 0 saturated carbocycles. The van der Waals surface area contributed by atoms with Crippen molar-refractivity contribution in [3.63, 3.8) is 0 Å². The number of hydrogen-bond acceptors (Lipinski definition) is 4. The first-order valence-corrected chi connectivity index (χ1v) is 7.00. The van der Waals surface area contributed by atoms with Crippen LogP contribution in [0.3, 0.4) is 0 Å². The first-order chi connectivity index (χ1) is 11.0. The molecule has 23 heavy (non-hydrogen) atoms. The summed E-state index contributed by atoms with van der Waals surface area (Å²) in [5.74, 6) is -0.291. The van der Waals surface area contributed by atoms with E-state index >= 15 is 0 Å². The minimum atomic E-state index is -1.00. The van der Waals surface area contributed by atoms with Crippen LogP contribution in [0.25, 0.3) is 10.9 Å². The summed E-state index contributed by atoms with van der Waals surface area (Å²) in [5, 5.41) is 20.5. The molecule has 0 bridgehead atoms. The number of rotatable bonds is 2. The van der Waals surface area contributed by atoms with Crippen molar-refractivity contribution in [2.75, 3.05) is 26.2 Å². The van der Waals surface area contributed by atoms with Gasteiger partial charge in [-0.15, -0.1) is 0 Å². The van der Waals surface area contributed by atoms with Gasteiger partial charge in [-0.3, -0.25) is 14.9 Å². The maximum Gasteiger partial charge on any atom is 0.407 e. The molecule has 1 aliphatic heterocycles. The third-order valence-electron chi connectivity index (χ3n) is 3.90. The van der Waals surface area contributed by atoms with Crippen LogP contribution < -0.4 is 0 Å². The van der Waals surface area contributed by atoms with Crippen LogP contribution in [0.2, 0.25) is 0 Å². The minimum Gasteiger partial charge on any atom is -0.465 e. The van der Waals surface area contributed by atoms with E-state index in [9.17, 15) is 19.7 Å². The van der Waals surface area contributed by atoms with Crippen LogP contribution >= 0.6 is 0 Å². The smallest absolute Gasteiger partial charge is 0.407 e. The van der Waals surface area contributed by atoms with Gasteiger partial charge in [-0.05, 0) is 6.07 Å². The monoisotopic (exact) mass is 318 g/mol. The lowest BCUT2D eigenvalue weighted by Crippen LogP contribution is -2.50. The van der Waals surface area contributed by atoms with Crippen molar-refractivity contribution >= 4 is 28.6 Å². The summed E-state index contributed by atoms with van der Waals surface area (Å²) in [4.78, 5) is 39.5. The Kier molecular flexibility index (Phi) is 3.61. The topological polar surface area (TPSA) is 120 Å². The second-order valence-corrected chi connectivity index (χ2v) is 5.24. The van der Waals surface area contributed by atoms with Crippen LogP contribution in [0, 0.1) is 10.1 Å². The largest absolute Gasteiger partial charge is 0.465 e. The average molecular weight is 318 g/mol. The number of amides is 2. The maximum absolute atomic E-state index is 12.5. The number of aromatic amines is 1. The number of carboxylic acid groups (broad SMARTS) is 1. The highest BCUT2D eigenvalue weighted by atomic mass is 16.6. The predicted octanol–water partition coefficient (Wildman–Crippen LogP) is 1.51. The Labute approximate surface area is 130 Å². The first-order valence-electron chi connectivity index (χ1n) is 7.00. The molecule has 0 spiro atoms. The summed E-state index contributed by atoms with van der Waals surface area (Å²) in [7, 11) is 0. The molecule has 1 fully saturated rings. The third-order valence-corrected chi connectivity index (χ3v) is 3.90. The Bertz CT molecular complexity index is 792. The van der Waals surface area contributed by atoms with Gasteiger partial charge in [0.15, 0.2) is 0 Å². The molecule has 0 atom stereocenters. The lowest BCUT2D eigenvalue weighted by molar-refractivity contribution is -0.383. The van der Waals surface area contributed by atoms with Crippen LogP contribution in [0.1, 0.15) is 10.5 Å². The fraction of sp³-hybridized carbons (Fsp3) is 0.286. The van der Waals surface area contributed by atoms with Crippen molar-refractivity contribution in [2.45, 2.75) is 0 Å². The normalized spacial score (nSPS) is 15.0. The number of nitrogens with one attached hydrogen (secondary N) is 1. The number of nitro benzene ring substituents is 1. The molecule has 2 amide bonds. The fourth-order valence-electron chi connectivity index (χ4n) is 2.68. The molecule has 0 radical (unpaired) electrons. The van der Waals surface area contributed by atoms with Crippen molar-refractivity contribution in [2.24, 2.45) is 0 Å². The van der Waals surface area contributed by atoms with Crippen LogP contribution in [0.5, 0.6) is 0 Å². The van der Waals surface area contributed by atoms with E-state index in [1.54, 1.807) is 18.2 Å². The number of para-hydroxylation sites is 1. The van der Waals surface area contributed by atoms with Crippen LogP contribution in [0.15, 0.2) is 24.3 Å². The second kappa shape index (κ2) is 5.59. The van der Waals surface area contributed by atoms with Crippen molar-refractivity contribution < 1.29 is 19.6 Å². The van der Waals surface area contributed by atoms with E-state index in [1.807, 2.05) is 0 Å². The van der Waals surface area contributed by atoms with E-state index in [-0.39, 0.29) is 30.4 Å². The third kappa shape index (κ3) is 2.68. The molecule has 120 valence electrons. The maximum atomic E-state index is 12.5. The van der Waals surface area contributed by atoms with E-state index in [0.717, 1.165) is 0 Å². The predicted molar refractivity (Wildman–Crippen MR) is 80.5 cm³/mol. The van der Waals surface area contributed by atoms with E-state index in [0.29, 0.717) is 24.0 Å². The van der Waals surface area contributed by atoms with Gasteiger partial charge in [0, 0.05) is 37.6 Å². The molecule has 1 aromatic heterocycles. The van der Waals surface area contributed by atoms with Crippen molar-refractivity contribution in [1.29, 1.82) is 0 Å². The Morgan fingerprint density at radius 2 is 1.83 bits per heavy atom. The molecule has 1 saturated heterocycles. The number of carbonyl (C=O) groups excluding carboxylic acids is 1. The van der Waals surface area contributed by atoms with Gasteiger partial charge in [-0.1, -0.05) is 12.1 Å². The molecule has 1 aromatic carbocycles. The molecular weight excluding hydrogens is 304 g/mol. The molecule has 9 heteroatoms. The quantitative estimate of drug-likeness (QED) is 0.642. The highest BCUT2D eigenvalue weighted by molar-refractivity contribution is 6.00. The van der Waals surface area contributed by atoms with Crippen molar-refractivity contribution in [3.05, 3.63) is 40.1 Å². The van der Waals surface area contributed by atoms with Gasteiger partial charge in [0.2, 0.25) is 0 Å². The highest BCUT2D eigenvalue weighted by Gasteiger charge is 2.26. The van der Waals surface area contributed by atoms with E-state index in [1.165, 1.54) is 15.9 Å². The van der Waals surface area contributed by atoms with Gasteiger partial charge < -0.3 is 19.9 Å². The van der Waals surface area contributed by atoms with Crippen molar-refractivity contribution in [3.8, 4) is 0 Å². The number of fused-ring (bicyclic) bond motifs is 1. The highest BCUT2D eigenvalue weighted by Crippen LogP contribution is 2.26. The molecule has 9 nitrogen and oxygen atoms in total. The number of hydrogen-bond donors (Lipinski definition) is 2. The molecule has 2 N–H and O–H groups in total. The average Bonchev–Trinajstić information content (AvgIpc) is 2.97. The standard InChI is InChI=1S/C14H14N4O5/c19-13(16-4-6-17(7-5-16)14(20)21)10-8-9-2-1-3-11(18(22)23)12(9)15-10/h1-3,8,15H,4-7H2,(H,20,21). The zero-order valence-corrected chi connectivity index (χ0v) is 12.1. The van der Waals surface area contributed by atoms with E-state index in [4.69, 9.17) is 5.11 Å². The lowest BCUT2D eigenvalue weighted by Gasteiger charge is -2.32. The molecule has 2 aromatic rings. The van der Waals surface area contributed by atoms with Gasteiger partial charge in [0.1, 0.15) is 11.2 Å². The number of carbonyl (C=O) groups is 2. The molecule has 1 aliphatic rings. The summed E-state index contributed by atoms with van der Waals surface area (Å²) >= 11 is 0. The van der Waals surface area contributed by atoms with Gasteiger partial charge in [0.05, 0.1) is 4.92 Å². The SMILES string of the molecule is O=C(O)N1CCN(C(=O)c2cc3cccc([N+](=O)[O-])c3[nH]2)CC1. The Hall–Kier alpha value is -3.10. The Balaban J connectivity index is 1.83. The van der Waals surface area contributed by atoms with Crippen LogP contribution in [0.4, 0.5) is 10.5 Å². The zero-order chi connectivity index (χ0) is 16.6. The van der Waals surface area contributed by atoms with Crippen LogP contribution in [-0.2, 0) is 0 Å². The summed E-state index contributed by atoms with van der Waals surface area (Å²) in [5.41, 5.74) is 0.486. The summed E-state index contributed by atoms with van der Waals surface area (Å²) < 4.78 is 0. The summed E-state index contributed by atoms with van der Waals surface area (Å²) in [6.07, 6.45) is -1.00. The minimum absolute atomic E-state index is 0.0859. The molecule has 3 rings (SSSR count). The van der Waals surface area contributed by atoms with Gasteiger partial charge in [-0.2, -0.15) is 0 Å². The summed E-state index contributed by atoms with van der Waals surface area (Å²) in [6.45, 7) is 1.09. The fourth-order valence-corrected chi connectivity index (χ4v) is 2.68. The molecular formula is C14H14N4O5. The van der Waals surface area contributed by atoms with Gasteiger partial charge in [0.25, 0.3) is 11.6 Å². The molecule has 0 unspecified atom stereocenters. The Morgan fingerprint density at radius 3 is 2.43 bits per heavy atom. The number of nitro groups is 1.